The number of fused-ring (bicyclic) bond motifs is 2. The monoisotopic (exact) mass is 480 g/mol. The normalized spacial score (nSPS) is 17.0. The fraction of sp³-hybridized carbons (Fsp3) is 0.500. The van der Waals surface area contributed by atoms with Gasteiger partial charge in [-0.3, -0.25) is 9.59 Å². The van der Waals surface area contributed by atoms with Gasteiger partial charge in [-0.25, -0.2) is 0 Å². The third-order valence-electron chi connectivity index (χ3n) is 6.73. The van der Waals surface area contributed by atoms with Crippen molar-refractivity contribution in [1.82, 2.24) is 10.2 Å². The lowest BCUT2D eigenvalue weighted by atomic mass is 9.74. The van der Waals surface area contributed by atoms with Crippen LogP contribution in [-0.4, -0.2) is 54.5 Å². The standard InChI is InChI=1S/C26H34N4O3.C2H6/c1-25(2,27)24(32)29-22(17-33-16-19-8-4-3-5-9-19)23(31)30-14-12-26(13-15-30)18-28-21-11-7-6-10-20(21)26;1-2/h3-11,22,28H,12-18,27H2,1-2H3,(H,29,32);1-2H3. The first-order valence-corrected chi connectivity index (χ1v) is 12.6. The molecule has 7 nitrogen and oxygen atoms in total. The molecule has 0 bridgehead atoms. The second-order valence-corrected chi connectivity index (χ2v) is 9.75. The van der Waals surface area contributed by atoms with Crippen LogP contribution in [0.3, 0.4) is 0 Å². The first kappa shape index (κ1) is 26.7. The second kappa shape index (κ2) is 11.7. The number of nitrogens with two attached hydrogens (primary N) is 1. The molecule has 0 radical (unpaired) electrons. The SMILES string of the molecule is CC.CC(C)(N)C(=O)NC(COCc1ccccc1)C(=O)N1CCC2(CC1)CNc1ccccc12. The number of ether oxygens (including phenoxy) is 1. The van der Waals surface area contributed by atoms with Gasteiger partial charge in [0.2, 0.25) is 11.8 Å². The summed E-state index contributed by atoms with van der Waals surface area (Å²) in [7, 11) is 0. The average molecular weight is 481 g/mol. The Hall–Kier alpha value is -2.90. The van der Waals surface area contributed by atoms with E-state index in [1.54, 1.807) is 13.8 Å². The van der Waals surface area contributed by atoms with Crippen LogP contribution in [0.1, 0.15) is 51.7 Å². The van der Waals surface area contributed by atoms with Crippen LogP contribution in [0.25, 0.3) is 0 Å². The van der Waals surface area contributed by atoms with Gasteiger partial charge < -0.3 is 26.0 Å². The van der Waals surface area contributed by atoms with Crippen molar-refractivity contribution in [2.24, 2.45) is 5.73 Å². The fourth-order valence-electron chi connectivity index (χ4n) is 4.67. The molecule has 2 amide bonds. The zero-order chi connectivity index (χ0) is 25.5. The van der Waals surface area contributed by atoms with Gasteiger partial charge in [-0.1, -0.05) is 62.4 Å². The highest BCUT2D eigenvalue weighted by atomic mass is 16.5. The molecule has 0 aliphatic carbocycles. The van der Waals surface area contributed by atoms with Crippen molar-refractivity contribution in [3.63, 3.8) is 0 Å². The third kappa shape index (κ3) is 6.41. The summed E-state index contributed by atoms with van der Waals surface area (Å²) < 4.78 is 5.83. The van der Waals surface area contributed by atoms with E-state index in [-0.39, 0.29) is 23.8 Å². The van der Waals surface area contributed by atoms with Crippen molar-refractivity contribution in [2.75, 3.05) is 31.6 Å². The molecule has 7 heteroatoms. The number of rotatable bonds is 7. The highest BCUT2D eigenvalue weighted by Crippen LogP contribution is 2.43. The van der Waals surface area contributed by atoms with Gasteiger partial charge in [0.25, 0.3) is 0 Å². The molecule has 4 rings (SSSR count). The fourth-order valence-corrected chi connectivity index (χ4v) is 4.67. The first-order valence-electron chi connectivity index (χ1n) is 12.6. The summed E-state index contributed by atoms with van der Waals surface area (Å²) in [4.78, 5) is 27.8. The predicted molar refractivity (Wildman–Crippen MR) is 140 cm³/mol. The minimum atomic E-state index is -1.08. The average Bonchev–Trinajstić information content (AvgIpc) is 3.23. The van der Waals surface area contributed by atoms with Gasteiger partial charge in [-0.05, 0) is 43.9 Å². The first-order chi connectivity index (χ1) is 16.8. The molecule has 1 spiro atoms. The van der Waals surface area contributed by atoms with E-state index < -0.39 is 11.6 Å². The van der Waals surface area contributed by atoms with E-state index in [1.807, 2.05) is 55.1 Å². The summed E-state index contributed by atoms with van der Waals surface area (Å²) in [5, 5.41) is 6.34. The smallest absolute Gasteiger partial charge is 0.247 e. The number of hydrogen-bond acceptors (Lipinski definition) is 5. The molecule has 1 fully saturated rings. The largest absolute Gasteiger partial charge is 0.384 e. The minimum Gasteiger partial charge on any atom is -0.384 e. The molecule has 2 heterocycles. The predicted octanol–water partition coefficient (Wildman–Crippen LogP) is 3.44. The van der Waals surface area contributed by atoms with Gasteiger partial charge in [-0.2, -0.15) is 0 Å². The Kier molecular flexibility index (Phi) is 8.92. The Balaban J connectivity index is 0.00000167. The number of nitrogens with zero attached hydrogens (tertiary/aromatic N) is 1. The summed E-state index contributed by atoms with van der Waals surface area (Å²) in [5.41, 5.74) is 8.51. The lowest BCUT2D eigenvalue weighted by Gasteiger charge is -2.40. The zero-order valence-corrected chi connectivity index (χ0v) is 21.5. The Morgan fingerprint density at radius 2 is 1.71 bits per heavy atom. The van der Waals surface area contributed by atoms with E-state index in [4.69, 9.17) is 10.5 Å². The van der Waals surface area contributed by atoms with Crippen LogP contribution in [0.5, 0.6) is 0 Å². The lowest BCUT2D eigenvalue weighted by Crippen LogP contribution is -2.59. The van der Waals surface area contributed by atoms with Crippen molar-refractivity contribution in [2.45, 2.75) is 64.1 Å². The number of benzene rings is 2. The van der Waals surface area contributed by atoms with Crippen LogP contribution in [0.4, 0.5) is 5.69 Å². The number of amides is 2. The van der Waals surface area contributed by atoms with E-state index >= 15 is 0 Å². The number of hydrogen-bond donors (Lipinski definition) is 3. The van der Waals surface area contributed by atoms with E-state index in [9.17, 15) is 9.59 Å². The van der Waals surface area contributed by atoms with Crippen LogP contribution in [-0.2, 0) is 26.3 Å². The molecule has 2 aromatic carbocycles. The number of carbonyl (C=O) groups is 2. The molecular formula is C28H40N4O3. The molecule has 1 atom stereocenters. The highest BCUT2D eigenvalue weighted by Gasteiger charge is 2.43. The van der Waals surface area contributed by atoms with E-state index in [1.165, 1.54) is 11.3 Å². The molecule has 2 aliphatic heterocycles. The van der Waals surface area contributed by atoms with Crippen LogP contribution >= 0.6 is 0 Å². The molecule has 0 saturated carbocycles. The van der Waals surface area contributed by atoms with Gasteiger partial charge in [0.15, 0.2) is 0 Å². The Bertz CT molecular complexity index is 979. The molecule has 2 aliphatic rings. The molecule has 190 valence electrons. The topological polar surface area (TPSA) is 96.7 Å². The van der Waals surface area contributed by atoms with Gasteiger partial charge in [0, 0.05) is 30.7 Å². The molecule has 0 aromatic heterocycles. The van der Waals surface area contributed by atoms with Crippen LogP contribution < -0.4 is 16.4 Å². The van der Waals surface area contributed by atoms with Gasteiger partial charge in [0.05, 0.1) is 18.8 Å². The summed E-state index contributed by atoms with van der Waals surface area (Å²) in [5.74, 6) is -0.485. The third-order valence-corrected chi connectivity index (χ3v) is 6.73. The van der Waals surface area contributed by atoms with Gasteiger partial charge >= 0.3 is 0 Å². The molecule has 1 unspecified atom stereocenters. The molecule has 2 aromatic rings. The van der Waals surface area contributed by atoms with Crippen LogP contribution in [0.15, 0.2) is 54.6 Å². The minimum absolute atomic E-state index is 0.0647. The summed E-state index contributed by atoms with van der Waals surface area (Å²) >= 11 is 0. The van der Waals surface area contributed by atoms with Crippen LogP contribution in [0.2, 0.25) is 0 Å². The second-order valence-electron chi connectivity index (χ2n) is 9.75. The number of carbonyl (C=O) groups excluding carboxylic acids is 2. The number of piperidine rings is 1. The maximum atomic E-state index is 13.4. The van der Waals surface area contributed by atoms with E-state index in [2.05, 4.69) is 28.8 Å². The Morgan fingerprint density at radius 3 is 2.37 bits per heavy atom. The van der Waals surface area contributed by atoms with E-state index in [0.717, 1.165) is 24.9 Å². The Morgan fingerprint density at radius 1 is 1.09 bits per heavy atom. The maximum absolute atomic E-state index is 13.4. The number of para-hydroxylation sites is 1. The van der Waals surface area contributed by atoms with Crippen molar-refractivity contribution >= 4 is 17.5 Å². The number of nitrogens with one attached hydrogen (secondary N) is 2. The molecule has 35 heavy (non-hydrogen) atoms. The van der Waals surface area contributed by atoms with Gasteiger partial charge in [-0.15, -0.1) is 0 Å². The zero-order valence-electron chi connectivity index (χ0n) is 21.5. The maximum Gasteiger partial charge on any atom is 0.247 e. The highest BCUT2D eigenvalue weighted by molar-refractivity contribution is 5.91. The molecule has 4 N–H and O–H groups in total. The van der Waals surface area contributed by atoms with E-state index in [0.29, 0.717) is 19.7 Å². The number of likely N-dealkylation sites (tertiary alicyclic amines) is 1. The quantitative estimate of drug-likeness (QED) is 0.564. The van der Waals surface area contributed by atoms with Gasteiger partial charge in [0.1, 0.15) is 6.04 Å². The summed E-state index contributed by atoms with van der Waals surface area (Å²) in [6, 6.07) is 17.4. The van der Waals surface area contributed by atoms with Crippen molar-refractivity contribution in [3.05, 3.63) is 65.7 Å². The van der Waals surface area contributed by atoms with Crippen molar-refractivity contribution < 1.29 is 14.3 Å². The number of anilines is 1. The summed E-state index contributed by atoms with van der Waals surface area (Å²) in [6.45, 7) is 9.92. The lowest BCUT2D eigenvalue weighted by molar-refractivity contribution is -0.140. The molecular weight excluding hydrogens is 440 g/mol. The summed E-state index contributed by atoms with van der Waals surface area (Å²) in [6.07, 6.45) is 1.77. The van der Waals surface area contributed by atoms with Crippen molar-refractivity contribution in [1.29, 1.82) is 0 Å². The Labute approximate surface area is 209 Å². The van der Waals surface area contributed by atoms with Crippen molar-refractivity contribution in [3.8, 4) is 0 Å². The molecule has 1 saturated heterocycles. The van der Waals surface area contributed by atoms with Crippen LogP contribution in [0, 0.1) is 0 Å².